The van der Waals surface area contributed by atoms with E-state index in [9.17, 15) is 0 Å². The molecule has 0 bridgehead atoms. The smallest absolute Gasteiger partial charge is 0.0549 e. The number of thiophene rings is 9. The van der Waals surface area contributed by atoms with Crippen LogP contribution in [0.1, 0.15) is 456 Å². The number of fused-ring (bicyclic) bond motifs is 27. The maximum atomic E-state index is 2.76. The molecule has 0 unspecified atom stereocenters. The zero-order valence-electron chi connectivity index (χ0n) is 74.8. The predicted molar refractivity (Wildman–Crippen MR) is 551 cm³/mol. The molecule has 0 radical (unpaired) electrons. The van der Waals surface area contributed by atoms with E-state index < -0.39 is 0 Å². The zero-order chi connectivity index (χ0) is 80.6. The highest BCUT2D eigenvalue weighted by Crippen LogP contribution is 2.62. The lowest BCUT2D eigenvalue weighted by Crippen LogP contribution is -1.84. The molecule has 642 valence electrons. The normalized spacial score (nSPS) is 12.6. The molecule has 0 saturated heterocycles. The van der Waals surface area contributed by atoms with E-state index in [1.807, 2.05) is 0 Å². The van der Waals surface area contributed by atoms with E-state index in [4.69, 9.17) is 0 Å². The Bertz CT molecular complexity index is 4510. The van der Waals surface area contributed by atoms with Crippen LogP contribution in [0.4, 0.5) is 0 Å². The maximum absolute atomic E-state index is 2.76. The Morgan fingerprint density at radius 1 is 0.128 bits per heavy atom. The van der Waals surface area contributed by atoms with Crippen LogP contribution in [0, 0.1) is 0 Å². The van der Waals surface area contributed by atoms with E-state index in [1.165, 1.54) is 424 Å². The summed E-state index contributed by atoms with van der Waals surface area (Å²) in [7, 11) is 0. The van der Waals surface area contributed by atoms with Gasteiger partial charge in [-0.25, -0.2) is 0 Å². The summed E-state index contributed by atoms with van der Waals surface area (Å²) in [5, 5.41) is 19.1. The number of unbranched alkanes of at least 4 members (excludes halogenated alkanes) is 54. The summed E-state index contributed by atoms with van der Waals surface area (Å²) in [5.41, 5.74) is 0. The van der Waals surface area contributed by atoms with Crippen molar-refractivity contribution in [2.45, 2.75) is 465 Å². The fourth-order valence-electron chi connectivity index (χ4n) is 20.0. The predicted octanol–water partition coefficient (Wildman–Crippen LogP) is 42.9. The summed E-state index contributed by atoms with van der Waals surface area (Å²) >= 11 is 20.1. The molecule has 9 heterocycles. The molecule has 0 N–H and O–H groups in total. The van der Waals surface area contributed by atoms with E-state index in [2.05, 4.69) is 180 Å². The van der Waals surface area contributed by atoms with Gasteiger partial charge in [0.1, 0.15) is 0 Å². The van der Waals surface area contributed by atoms with E-state index in [1.54, 1.807) is 150 Å². The van der Waals surface area contributed by atoms with Crippen molar-refractivity contribution in [2.24, 2.45) is 0 Å². The van der Waals surface area contributed by atoms with Gasteiger partial charge in [-0.15, -0.1) is 102 Å². The fraction of sp³-hybridized carbons (Fsp3) is 0.667. The first-order chi connectivity index (χ1) is 57.9. The van der Waals surface area contributed by atoms with Crippen LogP contribution >= 0.6 is 102 Å². The third-order valence-corrected chi connectivity index (χ3v) is 38.3. The number of hydrogen-bond acceptors (Lipinski definition) is 9. The highest BCUT2D eigenvalue weighted by atomic mass is 32.1. The van der Waals surface area contributed by atoms with E-state index in [0.717, 1.165) is 0 Å². The molecule has 0 aliphatic heterocycles. The first kappa shape index (κ1) is 92.0. The van der Waals surface area contributed by atoms with Crippen molar-refractivity contribution >= 4 is 223 Å². The quantitative estimate of drug-likeness (QED) is 0.0333. The second kappa shape index (κ2) is 50.4. The Hall–Kier alpha value is -2.70. The standard InChI is InChI=1S/C108H156S9/c1-7-13-19-25-31-37-43-49-55-61-67-79-73-85-88-76-82(70-64-58-52-46-40-34-28-22-16-10-4)112-100(88)106-91(97(85)109-79)94-103(115-106)95-92-98-87(75-80(110-98)68-62-56-50-44-38-32-26-20-14-8-2)90-78-84(72-66-60-54-48-42-36-30-24-18-12-6)114-102(90)108(92)117-105(95)96-93-99-86(74-81(111-99)69-63-57-51-45-39-33-27-21-15-9-3)89-77-83(113-101(89)107(93)116-104(94)96)71-65-59-53-47-41-35-29-23-17-11-5/h73-78H,7-72H2,1-6H3. The van der Waals surface area contributed by atoms with E-state index in [-0.39, 0.29) is 0 Å². The number of rotatable bonds is 66. The van der Waals surface area contributed by atoms with Gasteiger partial charge < -0.3 is 0 Å². The molecule has 9 heteroatoms. The summed E-state index contributed by atoms with van der Waals surface area (Å²) in [6.45, 7) is 14.1. The molecule has 0 nitrogen and oxygen atoms in total. The van der Waals surface area contributed by atoms with Gasteiger partial charge in [-0.1, -0.05) is 388 Å². The molecule has 13 rings (SSSR count). The highest BCUT2D eigenvalue weighted by molar-refractivity contribution is 7.39. The van der Waals surface area contributed by atoms with Gasteiger partial charge in [0.15, 0.2) is 0 Å². The molecule has 9 aromatic heterocycles. The Morgan fingerprint density at radius 2 is 0.256 bits per heavy atom. The lowest BCUT2D eigenvalue weighted by atomic mass is 9.99. The van der Waals surface area contributed by atoms with Crippen LogP contribution < -0.4 is 0 Å². The number of aryl methyl sites for hydroxylation is 6. The van der Waals surface area contributed by atoms with Gasteiger partial charge in [0.2, 0.25) is 0 Å². The monoisotopic (exact) mass is 1740 g/mol. The van der Waals surface area contributed by atoms with E-state index in [0.29, 0.717) is 0 Å². The van der Waals surface area contributed by atoms with Crippen molar-refractivity contribution in [1.82, 2.24) is 0 Å². The summed E-state index contributed by atoms with van der Waals surface area (Å²) in [5.74, 6) is 0. The van der Waals surface area contributed by atoms with Crippen LogP contribution in [0.3, 0.4) is 0 Å². The third-order valence-electron chi connectivity index (χ3n) is 26.9. The van der Waals surface area contributed by atoms with Crippen molar-refractivity contribution in [1.29, 1.82) is 0 Å². The van der Waals surface area contributed by atoms with Gasteiger partial charge in [-0.05, 0) is 113 Å². The summed E-state index contributed by atoms with van der Waals surface area (Å²) < 4.78 is 19.2. The minimum Gasteiger partial charge on any atom is -0.140 e. The second-order valence-corrected chi connectivity index (χ2v) is 46.7. The Balaban J connectivity index is 0.972. The summed E-state index contributed by atoms with van der Waals surface area (Å²) in [6.07, 6.45) is 90.7. The molecule has 0 amide bonds. The molecule has 0 saturated carbocycles. The SMILES string of the molecule is CCCCCCCCCCCCc1cc2c3cc(CCCCCCCCCCCC)sc3c3c(sc4c3c3sc5c6sc(CCCCCCCCCCCC)cc6c6cc(CCCCCCCCCCCC)sc6c5c3c3sc5c6sc(CCCCCCCCCCCC)cc6c6cc(CCCCCCCCCCCC)sc6c5c43)c2s1. The maximum Gasteiger partial charge on any atom is 0.0549 e. The topological polar surface area (TPSA) is 0 Å². The second-order valence-electron chi connectivity index (χ2n) is 36.9. The number of benzene rings is 4. The highest BCUT2D eigenvalue weighted by Gasteiger charge is 2.31. The van der Waals surface area contributed by atoms with Crippen molar-refractivity contribution in [3.05, 3.63) is 65.7 Å². The average Bonchev–Trinajstić information content (AvgIpc) is 1.50. The van der Waals surface area contributed by atoms with Crippen molar-refractivity contribution < 1.29 is 0 Å². The van der Waals surface area contributed by atoms with Gasteiger partial charge in [0.05, 0.1) is 28.2 Å². The third kappa shape index (κ3) is 24.9. The molecular weight excluding hydrogens is 1590 g/mol. The van der Waals surface area contributed by atoms with Gasteiger partial charge >= 0.3 is 0 Å². The molecular formula is C108H156S9. The molecule has 4 aromatic carbocycles. The Labute approximate surface area is 747 Å². The molecule has 0 aliphatic rings. The first-order valence-electron chi connectivity index (χ1n) is 50.3. The fourth-order valence-corrected chi connectivity index (χ4v) is 32.4. The average molecular weight is 1740 g/mol. The van der Waals surface area contributed by atoms with Crippen LogP contribution in [0.15, 0.2) is 36.4 Å². The molecule has 117 heavy (non-hydrogen) atoms. The largest absolute Gasteiger partial charge is 0.140 e. The minimum absolute atomic E-state index is 1.21. The minimum atomic E-state index is 1.21. The van der Waals surface area contributed by atoms with Gasteiger partial charge in [-0.3, -0.25) is 0 Å². The molecule has 0 fully saturated rings. The van der Waals surface area contributed by atoms with Crippen LogP contribution in [0.25, 0.3) is 121 Å². The zero-order valence-corrected chi connectivity index (χ0v) is 82.2. The van der Waals surface area contributed by atoms with Crippen LogP contribution in [-0.4, -0.2) is 0 Å². The molecule has 0 atom stereocenters. The summed E-state index contributed by atoms with van der Waals surface area (Å²) in [6, 6.07) is 16.5. The molecule has 0 spiro atoms. The number of hydrogen-bond donors (Lipinski definition) is 0. The molecule has 0 aliphatic carbocycles. The molecule has 13 aromatic rings. The van der Waals surface area contributed by atoms with Gasteiger partial charge in [0, 0.05) is 122 Å². The van der Waals surface area contributed by atoms with Crippen molar-refractivity contribution in [2.75, 3.05) is 0 Å². The van der Waals surface area contributed by atoms with Crippen molar-refractivity contribution in [3.8, 4) is 0 Å². The van der Waals surface area contributed by atoms with Crippen LogP contribution in [-0.2, 0) is 38.5 Å². The summed E-state index contributed by atoms with van der Waals surface area (Å²) in [4.78, 5) is 9.77. The van der Waals surface area contributed by atoms with Crippen LogP contribution in [0.5, 0.6) is 0 Å². The van der Waals surface area contributed by atoms with Crippen molar-refractivity contribution in [3.63, 3.8) is 0 Å². The lowest BCUT2D eigenvalue weighted by molar-refractivity contribution is 0.557. The van der Waals surface area contributed by atoms with Gasteiger partial charge in [-0.2, -0.15) is 0 Å². The van der Waals surface area contributed by atoms with Gasteiger partial charge in [0.25, 0.3) is 0 Å². The Morgan fingerprint density at radius 3 is 0.419 bits per heavy atom. The lowest BCUT2D eigenvalue weighted by Gasteiger charge is -2.03. The van der Waals surface area contributed by atoms with E-state index >= 15 is 0 Å². The Kier molecular flexibility index (Phi) is 39.7. The first-order valence-corrected chi connectivity index (χ1v) is 57.6. The van der Waals surface area contributed by atoms with Crippen LogP contribution in [0.2, 0.25) is 0 Å².